The number of hydrogen-bond donors (Lipinski definition) is 1. The minimum absolute atomic E-state index is 0.0356. The van der Waals surface area contributed by atoms with Crippen molar-refractivity contribution in [1.82, 2.24) is 4.57 Å². The summed E-state index contributed by atoms with van der Waals surface area (Å²) >= 11 is 1.58. The summed E-state index contributed by atoms with van der Waals surface area (Å²) in [7, 11) is 0. The number of carbonyl (C=O) groups excluding carboxylic acids is 1. The number of anilines is 1. The molecule has 3 heterocycles. The number of rotatable bonds is 4. The van der Waals surface area contributed by atoms with Gasteiger partial charge in [-0.2, -0.15) is 0 Å². The maximum atomic E-state index is 11.9. The zero-order chi connectivity index (χ0) is 23.9. The van der Waals surface area contributed by atoms with Crippen LogP contribution in [0.15, 0.2) is 65.0 Å². The Balaban J connectivity index is 1.47. The third kappa shape index (κ3) is 4.17. The fourth-order valence-corrected chi connectivity index (χ4v) is 5.22. The van der Waals surface area contributed by atoms with Crippen molar-refractivity contribution in [3.05, 3.63) is 81.5 Å². The molecular formula is C27H23N3O4S. The molecule has 1 amide bonds. The van der Waals surface area contributed by atoms with Crippen molar-refractivity contribution in [3.63, 3.8) is 0 Å². The van der Waals surface area contributed by atoms with E-state index in [1.165, 1.54) is 5.56 Å². The molecule has 0 unspecified atom stereocenters. The van der Waals surface area contributed by atoms with E-state index in [1.54, 1.807) is 11.3 Å². The lowest BCUT2D eigenvalue weighted by Crippen LogP contribution is -2.25. The summed E-state index contributed by atoms with van der Waals surface area (Å²) < 4.78 is 18.8. The zero-order valence-corrected chi connectivity index (χ0v) is 20.1. The highest BCUT2D eigenvalue weighted by atomic mass is 32.1. The Morgan fingerprint density at radius 1 is 0.971 bits per heavy atom. The molecule has 0 bridgehead atoms. The summed E-state index contributed by atoms with van der Waals surface area (Å²) in [6.45, 7) is 5.03. The van der Waals surface area contributed by atoms with Crippen molar-refractivity contribution in [3.8, 4) is 28.5 Å². The number of nitrogens with zero attached hydrogens (tertiary/aromatic N) is 2. The van der Waals surface area contributed by atoms with Crippen LogP contribution in [-0.4, -0.2) is 23.9 Å². The van der Waals surface area contributed by atoms with Crippen LogP contribution >= 0.6 is 11.3 Å². The predicted octanol–water partition coefficient (Wildman–Crippen LogP) is 5.17. The molecule has 3 aromatic carbocycles. The standard InChI is InChI=1S/C27H23N3O4S/c1-16-3-6-20(17(2)9-16)29-27-30(12-18-4-7-24-25(10-18)34-15-33-24)22(14-35-27)19-5-8-23-21(11-19)28-26(31)13-32-23/h3-11,14H,12-13,15H2,1-2H3,(H,28,31). The largest absolute Gasteiger partial charge is 0.482 e. The Bertz CT molecular complexity index is 1540. The molecule has 0 saturated carbocycles. The van der Waals surface area contributed by atoms with E-state index in [1.807, 2.05) is 36.4 Å². The van der Waals surface area contributed by atoms with Gasteiger partial charge in [0.2, 0.25) is 6.79 Å². The molecule has 4 aromatic rings. The monoisotopic (exact) mass is 485 g/mol. The third-order valence-electron chi connectivity index (χ3n) is 6.05. The van der Waals surface area contributed by atoms with Crippen molar-refractivity contribution in [1.29, 1.82) is 0 Å². The Labute approximate surface area is 206 Å². The van der Waals surface area contributed by atoms with E-state index in [2.05, 4.69) is 47.3 Å². The number of amides is 1. The minimum atomic E-state index is -0.154. The van der Waals surface area contributed by atoms with Crippen LogP contribution in [0, 0.1) is 13.8 Å². The Morgan fingerprint density at radius 2 is 1.83 bits per heavy atom. The summed E-state index contributed by atoms with van der Waals surface area (Å²) in [4.78, 5) is 17.8. The second kappa shape index (κ2) is 8.63. The predicted molar refractivity (Wildman–Crippen MR) is 135 cm³/mol. The van der Waals surface area contributed by atoms with Crippen molar-refractivity contribution >= 4 is 28.6 Å². The normalized spacial score (nSPS) is 14.5. The van der Waals surface area contributed by atoms with E-state index in [0.29, 0.717) is 18.0 Å². The van der Waals surface area contributed by atoms with Crippen LogP contribution in [-0.2, 0) is 11.3 Å². The third-order valence-corrected chi connectivity index (χ3v) is 6.92. The lowest BCUT2D eigenvalue weighted by Gasteiger charge is -2.19. The Kier molecular flexibility index (Phi) is 5.30. The fraction of sp³-hybridized carbons (Fsp3) is 0.185. The van der Waals surface area contributed by atoms with Crippen molar-refractivity contribution < 1.29 is 19.0 Å². The van der Waals surface area contributed by atoms with Gasteiger partial charge in [0.05, 0.1) is 23.6 Å². The van der Waals surface area contributed by atoms with Gasteiger partial charge in [-0.1, -0.05) is 23.8 Å². The SMILES string of the molecule is Cc1ccc(N=c2scc(-c3ccc4c(c3)NC(=O)CO4)n2Cc2ccc3c(c2)OCO3)c(C)c1. The summed E-state index contributed by atoms with van der Waals surface area (Å²) in [5.74, 6) is 2.03. The Hall–Kier alpha value is -4.04. The van der Waals surface area contributed by atoms with Crippen LogP contribution in [0.5, 0.6) is 17.2 Å². The first-order valence-corrected chi connectivity index (χ1v) is 12.2. The molecule has 1 aromatic heterocycles. The summed E-state index contributed by atoms with van der Waals surface area (Å²) in [5, 5.41) is 5.00. The van der Waals surface area contributed by atoms with E-state index >= 15 is 0 Å². The number of aryl methyl sites for hydroxylation is 2. The average molecular weight is 486 g/mol. The number of carbonyl (C=O) groups is 1. The Morgan fingerprint density at radius 3 is 2.71 bits per heavy atom. The van der Waals surface area contributed by atoms with Crippen molar-refractivity contribution in [2.24, 2.45) is 4.99 Å². The molecule has 0 saturated heterocycles. The fourth-order valence-electron chi connectivity index (χ4n) is 4.30. The van der Waals surface area contributed by atoms with Crippen molar-refractivity contribution in [2.45, 2.75) is 20.4 Å². The molecule has 7 nitrogen and oxygen atoms in total. The molecule has 2 aliphatic rings. The van der Waals surface area contributed by atoms with Gasteiger partial charge >= 0.3 is 0 Å². The number of ether oxygens (including phenoxy) is 3. The molecule has 0 radical (unpaired) electrons. The van der Waals surface area contributed by atoms with Crippen molar-refractivity contribution in [2.75, 3.05) is 18.7 Å². The zero-order valence-electron chi connectivity index (χ0n) is 19.3. The van der Waals surface area contributed by atoms with Crippen LogP contribution in [0.25, 0.3) is 11.3 Å². The van der Waals surface area contributed by atoms with E-state index in [4.69, 9.17) is 19.2 Å². The summed E-state index contributed by atoms with van der Waals surface area (Å²) in [6, 6.07) is 18.1. The molecule has 0 fully saturated rings. The molecule has 0 atom stereocenters. The molecule has 1 N–H and O–H groups in total. The van der Waals surface area contributed by atoms with E-state index in [9.17, 15) is 4.79 Å². The quantitative estimate of drug-likeness (QED) is 0.433. The van der Waals surface area contributed by atoms with Crippen LogP contribution in [0.2, 0.25) is 0 Å². The van der Waals surface area contributed by atoms with Gasteiger partial charge < -0.3 is 24.1 Å². The number of benzene rings is 3. The number of aromatic nitrogens is 1. The van der Waals surface area contributed by atoms with Crippen LogP contribution in [0.3, 0.4) is 0 Å². The number of thiazole rings is 1. The maximum Gasteiger partial charge on any atom is 0.262 e. The molecule has 176 valence electrons. The molecule has 8 heteroatoms. The van der Waals surface area contributed by atoms with Gasteiger partial charge in [0.25, 0.3) is 5.91 Å². The second-order valence-corrected chi connectivity index (χ2v) is 9.46. The van der Waals surface area contributed by atoms with Crippen LogP contribution < -0.4 is 24.3 Å². The van der Waals surface area contributed by atoms with Gasteiger partial charge in [0.15, 0.2) is 22.9 Å². The van der Waals surface area contributed by atoms with E-state index in [0.717, 1.165) is 44.4 Å². The molecule has 6 rings (SSSR count). The van der Waals surface area contributed by atoms with Gasteiger partial charge in [0, 0.05) is 10.9 Å². The van der Waals surface area contributed by atoms with Gasteiger partial charge in [-0.25, -0.2) is 4.99 Å². The van der Waals surface area contributed by atoms with E-state index < -0.39 is 0 Å². The first kappa shape index (κ1) is 21.5. The molecule has 35 heavy (non-hydrogen) atoms. The second-order valence-electron chi connectivity index (χ2n) is 8.63. The number of fused-ring (bicyclic) bond motifs is 2. The topological polar surface area (TPSA) is 74.1 Å². The highest BCUT2D eigenvalue weighted by Gasteiger charge is 2.19. The maximum absolute atomic E-state index is 11.9. The summed E-state index contributed by atoms with van der Waals surface area (Å²) in [5.41, 5.74) is 6.99. The lowest BCUT2D eigenvalue weighted by molar-refractivity contribution is -0.118. The molecule has 0 spiro atoms. The minimum Gasteiger partial charge on any atom is -0.482 e. The van der Waals surface area contributed by atoms with Gasteiger partial charge in [-0.3, -0.25) is 4.79 Å². The van der Waals surface area contributed by atoms with Gasteiger partial charge in [-0.15, -0.1) is 11.3 Å². The smallest absolute Gasteiger partial charge is 0.262 e. The molecule has 2 aliphatic heterocycles. The first-order valence-electron chi connectivity index (χ1n) is 11.3. The van der Waals surface area contributed by atoms with Gasteiger partial charge in [-0.05, 0) is 61.4 Å². The first-order chi connectivity index (χ1) is 17.0. The summed E-state index contributed by atoms with van der Waals surface area (Å²) in [6.07, 6.45) is 0. The number of nitrogens with one attached hydrogen (secondary N) is 1. The van der Waals surface area contributed by atoms with Crippen LogP contribution in [0.4, 0.5) is 11.4 Å². The molecular weight excluding hydrogens is 462 g/mol. The number of hydrogen-bond acceptors (Lipinski definition) is 6. The lowest BCUT2D eigenvalue weighted by atomic mass is 10.1. The van der Waals surface area contributed by atoms with Gasteiger partial charge in [0.1, 0.15) is 5.75 Å². The average Bonchev–Trinajstić information content (AvgIpc) is 3.47. The molecule has 0 aliphatic carbocycles. The highest BCUT2D eigenvalue weighted by molar-refractivity contribution is 7.07. The highest BCUT2D eigenvalue weighted by Crippen LogP contribution is 2.35. The van der Waals surface area contributed by atoms with E-state index in [-0.39, 0.29) is 19.3 Å². The van der Waals surface area contributed by atoms with Crippen LogP contribution in [0.1, 0.15) is 16.7 Å².